The number of anilines is 1. The Hall–Kier alpha value is -2.11. The highest BCUT2D eigenvalue weighted by molar-refractivity contribution is 5.75. The predicted octanol–water partition coefficient (Wildman–Crippen LogP) is 2.12. The summed E-state index contributed by atoms with van der Waals surface area (Å²) in [4.78, 5) is 18.0. The first-order valence-corrected chi connectivity index (χ1v) is 7.34. The lowest BCUT2D eigenvalue weighted by molar-refractivity contribution is -0.150. The molecular formula is C15H20N4O2. The lowest BCUT2D eigenvalue weighted by Crippen LogP contribution is -2.44. The van der Waals surface area contributed by atoms with Crippen LogP contribution in [0.4, 0.5) is 5.82 Å². The summed E-state index contributed by atoms with van der Waals surface area (Å²) >= 11 is 0. The number of aromatic nitrogens is 3. The Balaban J connectivity index is 1.89. The van der Waals surface area contributed by atoms with E-state index >= 15 is 0 Å². The Morgan fingerprint density at radius 2 is 2.10 bits per heavy atom. The van der Waals surface area contributed by atoms with Crippen LogP contribution in [-0.2, 0) is 4.79 Å². The molecule has 3 rings (SSSR count). The molecular weight excluding hydrogens is 268 g/mol. The van der Waals surface area contributed by atoms with Gasteiger partial charge in [-0.1, -0.05) is 6.92 Å². The van der Waals surface area contributed by atoms with Gasteiger partial charge < -0.3 is 10.0 Å². The highest BCUT2D eigenvalue weighted by Gasteiger charge is 2.40. The van der Waals surface area contributed by atoms with Crippen molar-refractivity contribution in [2.45, 2.75) is 33.1 Å². The van der Waals surface area contributed by atoms with Gasteiger partial charge in [0.2, 0.25) is 0 Å². The third kappa shape index (κ3) is 2.24. The van der Waals surface area contributed by atoms with Crippen LogP contribution in [0.5, 0.6) is 0 Å². The van der Waals surface area contributed by atoms with Gasteiger partial charge in [0.05, 0.1) is 5.41 Å². The summed E-state index contributed by atoms with van der Waals surface area (Å²) in [6, 6.07) is 4.08. The van der Waals surface area contributed by atoms with Crippen molar-refractivity contribution in [1.29, 1.82) is 0 Å². The van der Waals surface area contributed by atoms with Crippen LogP contribution in [0.3, 0.4) is 0 Å². The summed E-state index contributed by atoms with van der Waals surface area (Å²) in [5.41, 5.74) is 1.40. The molecule has 0 aromatic carbocycles. The van der Waals surface area contributed by atoms with Gasteiger partial charge in [-0.2, -0.15) is 9.61 Å². The van der Waals surface area contributed by atoms with Gasteiger partial charge >= 0.3 is 5.97 Å². The van der Waals surface area contributed by atoms with Crippen molar-refractivity contribution in [3.8, 4) is 0 Å². The molecule has 0 amide bonds. The monoisotopic (exact) mass is 288 g/mol. The zero-order valence-electron chi connectivity index (χ0n) is 12.4. The molecule has 0 spiro atoms. The Bertz CT molecular complexity index is 671. The van der Waals surface area contributed by atoms with Crippen LogP contribution >= 0.6 is 0 Å². The quantitative estimate of drug-likeness (QED) is 0.936. The summed E-state index contributed by atoms with van der Waals surface area (Å²) in [6.45, 7) is 5.47. The smallest absolute Gasteiger partial charge is 0.309 e. The molecule has 1 N–H and O–H groups in total. The third-order valence-corrected chi connectivity index (χ3v) is 4.68. The minimum absolute atomic E-state index is 0.568. The molecule has 1 saturated heterocycles. The first-order chi connectivity index (χ1) is 10.1. The first kappa shape index (κ1) is 13.9. The topological polar surface area (TPSA) is 70.7 Å². The SMILES string of the molecule is CCC1(C(=O)O)CCN(c2cc(C)cc3ncnn23)CC1. The minimum atomic E-state index is -0.667. The molecule has 0 radical (unpaired) electrons. The van der Waals surface area contributed by atoms with Crippen molar-refractivity contribution in [2.75, 3.05) is 18.0 Å². The number of aryl methyl sites for hydroxylation is 1. The molecule has 112 valence electrons. The molecule has 1 aliphatic rings. The minimum Gasteiger partial charge on any atom is -0.481 e. The van der Waals surface area contributed by atoms with Crippen LogP contribution < -0.4 is 4.90 Å². The molecule has 0 bridgehead atoms. The van der Waals surface area contributed by atoms with Crippen molar-refractivity contribution in [1.82, 2.24) is 14.6 Å². The number of pyridine rings is 1. The van der Waals surface area contributed by atoms with Crippen LogP contribution in [0.2, 0.25) is 0 Å². The number of rotatable bonds is 3. The molecule has 0 atom stereocenters. The number of hydrogen-bond acceptors (Lipinski definition) is 4. The van der Waals surface area contributed by atoms with Crippen molar-refractivity contribution >= 4 is 17.4 Å². The van der Waals surface area contributed by atoms with Gasteiger partial charge in [-0.05, 0) is 43.9 Å². The maximum atomic E-state index is 11.5. The Morgan fingerprint density at radius 3 is 2.71 bits per heavy atom. The average Bonchev–Trinajstić information content (AvgIpc) is 2.94. The number of fused-ring (bicyclic) bond motifs is 1. The molecule has 1 fully saturated rings. The maximum Gasteiger partial charge on any atom is 0.309 e. The summed E-state index contributed by atoms with van der Waals surface area (Å²) < 4.78 is 1.83. The normalized spacial score (nSPS) is 18.1. The molecule has 0 saturated carbocycles. The van der Waals surface area contributed by atoms with E-state index in [-0.39, 0.29) is 0 Å². The van der Waals surface area contributed by atoms with Gasteiger partial charge in [0, 0.05) is 13.1 Å². The molecule has 6 nitrogen and oxygen atoms in total. The fourth-order valence-corrected chi connectivity index (χ4v) is 3.14. The standard InChI is InChI=1S/C15H20N4O2/c1-3-15(14(20)21)4-6-18(7-5-15)13-9-11(2)8-12-16-10-17-19(12)13/h8-10H,3-7H2,1-2H3,(H,20,21). The summed E-state index contributed by atoms with van der Waals surface area (Å²) in [7, 11) is 0. The molecule has 21 heavy (non-hydrogen) atoms. The van der Waals surface area contributed by atoms with Gasteiger partial charge in [-0.25, -0.2) is 4.98 Å². The fraction of sp³-hybridized carbons (Fsp3) is 0.533. The molecule has 0 aliphatic carbocycles. The maximum absolute atomic E-state index is 11.5. The lowest BCUT2D eigenvalue weighted by atomic mass is 9.76. The van der Waals surface area contributed by atoms with Crippen LogP contribution in [-0.4, -0.2) is 38.8 Å². The van der Waals surface area contributed by atoms with E-state index in [0.717, 1.165) is 30.1 Å². The average molecular weight is 288 g/mol. The molecule has 2 aromatic rings. The highest BCUT2D eigenvalue weighted by atomic mass is 16.4. The van der Waals surface area contributed by atoms with E-state index in [9.17, 15) is 9.90 Å². The largest absolute Gasteiger partial charge is 0.481 e. The molecule has 2 aromatic heterocycles. The summed E-state index contributed by atoms with van der Waals surface area (Å²) in [5, 5.41) is 13.8. The van der Waals surface area contributed by atoms with E-state index in [1.807, 2.05) is 24.4 Å². The second kappa shape index (κ2) is 5.02. The van der Waals surface area contributed by atoms with E-state index < -0.39 is 11.4 Å². The van der Waals surface area contributed by atoms with E-state index in [0.29, 0.717) is 19.3 Å². The third-order valence-electron chi connectivity index (χ3n) is 4.68. The van der Waals surface area contributed by atoms with E-state index in [2.05, 4.69) is 21.0 Å². The fourth-order valence-electron chi connectivity index (χ4n) is 3.14. The molecule has 3 heterocycles. The van der Waals surface area contributed by atoms with Gasteiger partial charge in [-0.15, -0.1) is 0 Å². The number of hydrogen-bond donors (Lipinski definition) is 1. The van der Waals surface area contributed by atoms with Crippen molar-refractivity contribution < 1.29 is 9.90 Å². The van der Waals surface area contributed by atoms with E-state index in [4.69, 9.17) is 0 Å². The number of nitrogens with zero attached hydrogens (tertiary/aromatic N) is 4. The van der Waals surface area contributed by atoms with Crippen LogP contribution in [0.25, 0.3) is 5.65 Å². The van der Waals surface area contributed by atoms with Gasteiger partial charge in [0.1, 0.15) is 12.1 Å². The van der Waals surface area contributed by atoms with E-state index in [1.54, 1.807) is 6.33 Å². The summed E-state index contributed by atoms with van der Waals surface area (Å²) in [5.74, 6) is 0.331. The second-order valence-corrected chi connectivity index (χ2v) is 5.85. The Labute approximate surface area is 123 Å². The first-order valence-electron chi connectivity index (χ1n) is 7.34. The zero-order valence-corrected chi connectivity index (χ0v) is 12.4. The lowest BCUT2D eigenvalue weighted by Gasteiger charge is -2.39. The Kier molecular flexibility index (Phi) is 3.31. The van der Waals surface area contributed by atoms with Crippen LogP contribution in [0, 0.1) is 12.3 Å². The molecule has 1 aliphatic heterocycles. The molecule has 0 unspecified atom stereocenters. The van der Waals surface area contributed by atoms with Gasteiger partial charge in [0.25, 0.3) is 0 Å². The van der Waals surface area contributed by atoms with Crippen molar-refractivity contribution in [3.63, 3.8) is 0 Å². The predicted molar refractivity (Wildman–Crippen MR) is 79.5 cm³/mol. The number of carboxylic acids is 1. The second-order valence-electron chi connectivity index (χ2n) is 5.85. The van der Waals surface area contributed by atoms with Gasteiger partial charge in [-0.3, -0.25) is 4.79 Å². The van der Waals surface area contributed by atoms with Crippen LogP contribution in [0.15, 0.2) is 18.5 Å². The molecule has 6 heteroatoms. The van der Waals surface area contributed by atoms with Crippen LogP contribution in [0.1, 0.15) is 31.7 Å². The number of carboxylic acid groups (broad SMARTS) is 1. The van der Waals surface area contributed by atoms with Crippen molar-refractivity contribution in [2.24, 2.45) is 5.41 Å². The van der Waals surface area contributed by atoms with Crippen molar-refractivity contribution in [3.05, 3.63) is 24.0 Å². The van der Waals surface area contributed by atoms with E-state index in [1.165, 1.54) is 0 Å². The summed E-state index contributed by atoms with van der Waals surface area (Å²) in [6.07, 6.45) is 3.57. The highest BCUT2D eigenvalue weighted by Crippen LogP contribution is 2.36. The Morgan fingerprint density at radius 1 is 1.38 bits per heavy atom. The number of piperidine rings is 1. The number of aliphatic carboxylic acids is 1. The zero-order chi connectivity index (χ0) is 15.0. The van der Waals surface area contributed by atoms with Gasteiger partial charge in [0.15, 0.2) is 5.65 Å². The number of carbonyl (C=O) groups is 1.